The summed E-state index contributed by atoms with van der Waals surface area (Å²) in [6.07, 6.45) is 1.70. The zero-order valence-corrected chi connectivity index (χ0v) is 6.65. The summed E-state index contributed by atoms with van der Waals surface area (Å²) in [7, 11) is 0. The van der Waals surface area contributed by atoms with Crippen LogP contribution in [0.2, 0.25) is 0 Å². The molecule has 0 radical (unpaired) electrons. The molecular formula is C7H11NOS. The molecule has 0 atom stereocenters. The van der Waals surface area contributed by atoms with Crippen molar-refractivity contribution in [1.29, 1.82) is 5.26 Å². The summed E-state index contributed by atoms with van der Waals surface area (Å²) < 4.78 is 0. The van der Waals surface area contributed by atoms with Crippen molar-refractivity contribution in [3.05, 3.63) is 0 Å². The van der Waals surface area contributed by atoms with Gasteiger partial charge in [-0.3, -0.25) is 0 Å². The molecule has 56 valence electrons. The largest absolute Gasteiger partial charge is 0.395 e. The molecule has 10 heavy (non-hydrogen) atoms. The maximum Gasteiger partial charge on any atom is 0.0819 e. The molecule has 0 amide bonds. The molecule has 0 spiro atoms. The number of hydrogen-bond acceptors (Lipinski definition) is 3. The molecular weight excluding hydrogens is 146 g/mol. The van der Waals surface area contributed by atoms with Crippen LogP contribution >= 0.6 is 11.8 Å². The molecule has 2 nitrogen and oxygen atoms in total. The number of nitriles is 1. The van der Waals surface area contributed by atoms with Gasteiger partial charge in [-0.05, 0) is 24.3 Å². The lowest BCUT2D eigenvalue weighted by Crippen LogP contribution is -2.28. The summed E-state index contributed by atoms with van der Waals surface area (Å²) in [6, 6.07) is 2.20. The summed E-state index contributed by atoms with van der Waals surface area (Å²) in [5.74, 6) is 2.04. The Hall–Kier alpha value is -0.200. The Morgan fingerprint density at radius 3 is 2.40 bits per heavy atom. The lowest BCUT2D eigenvalue weighted by atomic mass is 9.85. The van der Waals surface area contributed by atoms with E-state index in [-0.39, 0.29) is 6.61 Å². The summed E-state index contributed by atoms with van der Waals surface area (Å²) >= 11 is 1.87. The molecule has 0 aromatic carbocycles. The number of nitrogens with zero attached hydrogens (tertiary/aromatic N) is 1. The molecule has 0 bridgehead atoms. The van der Waals surface area contributed by atoms with Crippen molar-refractivity contribution in [2.75, 3.05) is 18.1 Å². The minimum atomic E-state index is -0.398. The highest BCUT2D eigenvalue weighted by Gasteiger charge is 2.31. The first-order valence-corrected chi connectivity index (χ1v) is 4.58. The van der Waals surface area contributed by atoms with E-state index < -0.39 is 5.41 Å². The van der Waals surface area contributed by atoms with Crippen LogP contribution in [0.15, 0.2) is 0 Å². The molecule has 0 unspecified atom stereocenters. The Kier molecular flexibility index (Phi) is 2.58. The standard InChI is InChI=1S/C7H11NOS/c8-5-7(6-9)1-3-10-4-2-7/h9H,1-4,6H2. The molecule has 1 aliphatic rings. The molecule has 0 aromatic heterocycles. The lowest BCUT2D eigenvalue weighted by molar-refractivity contribution is 0.166. The van der Waals surface area contributed by atoms with Crippen LogP contribution in [0.5, 0.6) is 0 Å². The van der Waals surface area contributed by atoms with Crippen LogP contribution in [-0.4, -0.2) is 23.2 Å². The molecule has 3 heteroatoms. The van der Waals surface area contributed by atoms with Crippen molar-refractivity contribution in [1.82, 2.24) is 0 Å². The second-order valence-electron chi connectivity index (χ2n) is 2.66. The van der Waals surface area contributed by atoms with Crippen molar-refractivity contribution in [2.45, 2.75) is 12.8 Å². The van der Waals surface area contributed by atoms with Gasteiger partial charge < -0.3 is 5.11 Å². The highest BCUT2D eigenvalue weighted by Crippen LogP contribution is 2.33. The number of aliphatic hydroxyl groups is 1. The maximum atomic E-state index is 8.91. The Morgan fingerprint density at radius 2 is 2.10 bits per heavy atom. The first kappa shape index (κ1) is 7.90. The van der Waals surface area contributed by atoms with Crippen molar-refractivity contribution in [2.24, 2.45) is 5.41 Å². The molecule has 1 N–H and O–H groups in total. The predicted octanol–water partition coefficient (Wildman–Crippen LogP) is 1.02. The minimum Gasteiger partial charge on any atom is -0.395 e. The Balaban J connectivity index is 2.55. The van der Waals surface area contributed by atoms with E-state index in [1.807, 2.05) is 11.8 Å². The van der Waals surface area contributed by atoms with Crippen LogP contribution < -0.4 is 0 Å². The van der Waals surface area contributed by atoms with Gasteiger partial charge in [0, 0.05) is 0 Å². The average molecular weight is 157 g/mol. The van der Waals surface area contributed by atoms with E-state index in [0.717, 1.165) is 24.3 Å². The van der Waals surface area contributed by atoms with Gasteiger partial charge in [0.1, 0.15) is 0 Å². The second-order valence-corrected chi connectivity index (χ2v) is 3.89. The SMILES string of the molecule is N#CC1(CO)CCSCC1. The first-order valence-electron chi connectivity index (χ1n) is 3.43. The van der Waals surface area contributed by atoms with E-state index in [1.54, 1.807) is 0 Å². The third-order valence-electron chi connectivity index (χ3n) is 1.99. The van der Waals surface area contributed by atoms with E-state index in [4.69, 9.17) is 10.4 Å². The normalized spacial score (nSPS) is 23.6. The molecule has 0 saturated carbocycles. The van der Waals surface area contributed by atoms with E-state index in [2.05, 4.69) is 6.07 Å². The van der Waals surface area contributed by atoms with Crippen LogP contribution in [0.3, 0.4) is 0 Å². The van der Waals surface area contributed by atoms with Gasteiger partial charge in [0.25, 0.3) is 0 Å². The third kappa shape index (κ3) is 1.44. The first-order chi connectivity index (χ1) is 4.83. The fraction of sp³-hybridized carbons (Fsp3) is 0.857. The van der Waals surface area contributed by atoms with Crippen LogP contribution in [0.4, 0.5) is 0 Å². The predicted molar refractivity (Wildman–Crippen MR) is 41.7 cm³/mol. The molecule has 1 rings (SSSR count). The van der Waals surface area contributed by atoms with Gasteiger partial charge in [0.2, 0.25) is 0 Å². The van der Waals surface area contributed by atoms with Gasteiger partial charge in [-0.2, -0.15) is 17.0 Å². The van der Waals surface area contributed by atoms with Gasteiger partial charge in [-0.1, -0.05) is 0 Å². The lowest BCUT2D eigenvalue weighted by Gasteiger charge is -2.27. The monoisotopic (exact) mass is 157 g/mol. The summed E-state index contributed by atoms with van der Waals surface area (Å²) in [5, 5.41) is 17.6. The maximum absolute atomic E-state index is 8.91. The Bertz CT molecular complexity index is 146. The summed E-state index contributed by atoms with van der Waals surface area (Å²) in [6.45, 7) is 0.0318. The fourth-order valence-corrected chi connectivity index (χ4v) is 2.34. The highest BCUT2D eigenvalue weighted by molar-refractivity contribution is 7.99. The zero-order valence-electron chi connectivity index (χ0n) is 5.84. The van der Waals surface area contributed by atoms with E-state index in [1.165, 1.54) is 0 Å². The van der Waals surface area contributed by atoms with Gasteiger partial charge in [-0.25, -0.2) is 0 Å². The molecule has 1 heterocycles. The molecule has 1 saturated heterocycles. The van der Waals surface area contributed by atoms with Gasteiger partial charge >= 0.3 is 0 Å². The van der Waals surface area contributed by atoms with E-state index in [9.17, 15) is 0 Å². The topological polar surface area (TPSA) is 44.0 Å². The van der Waals surface area contributed by atoms with Crippen molar-refractivity contribution < 1.29 is 5.11 Å². The van der Waals surface area contributed by atoms with Crippen LogP contribution in [0.25, 0.3) is 0 Å². The highest BCUT2D eigenvalue weighted by atomic mass is 32.2. The Morgan fingerprint density at radius 1 is 1.50 bits per heavy atom. The summed E-state index contributed by atoms with van der Waals surface area (Å²) in [4.78, 5) is 0. The van der Waals surface area contributed by atoms with Crippen LogP contribution in [0, 0.1) is 16.7 Å². The number of rotatable bonds is 1. The van der Waals surface area contributed by atoms with Crippen LogP contribution in [0.1, 0.15) is 12.8 Å². The van der Waals surface area contributed by atoms with Crippen molar-refractivity contribution in [3.8, 4) is 6.07 Å². The zero-order chi connectivity index (χ0) is 7.45. The van der Waals surface area contributed by atoms with E-state index in [0.29, 0.717) is 0 Å². The molecule has 0 aromatic rings. The van der Waals surface area contributed by atoms with Gasteiger partial charge in [0.05, 0.1) is 18.1 Å². The van der Waals surface area contributed by atoms with Crippen molar-refractivity contribution in [3.63, 3.8) is 0 Å². The quantitative estimate of drug-likeness (QED) is 0.618. The Labute approximate surface area is 65.2 Å². The number of hydrogen-bond donors (Lipinski definition) is 1. The van der Waals surface area contributed by atoms with Gasteiger partial charge in [0.15, 0.2) is 0 Å². The average Bonchev–Trinajstić information content (AvgIpc) is 2.06. The van der Waals surface area contributed by atoms with E-state index >= 15 is 0 Å². The smallest absolute Gasteiger partial charge is 0.0819 e. The van der Waals surface area contributed by atoms with Crippen LogP contribution in [-0.2, 0) is 0 Å². The molecule has 1 fully saturated rings. The van der Waals surface area contributed by atoms with Gasteiger partial charge in [-0.15, -0.1) is 0 Å². The summed E-state index contributed by atoms with van der Waals surface area (Å²) in [5.41, 5.74) is -0.398. The third-order valence-corrected chi connectivity index (χ3v) is 2.98. The minimum absolute atomic E-state index is 0.0318. The second kappa shape index (κ2) is 3.27. The molecule has 1 aliphatic heterocycles. The number of aliphatic hydroxyl groups excluding tert-OH is 1. The van der Waals surface area contributed by atoms with Crippen molar-refractivity contribution >= 4 is 11.8 Å². The molecule has 0 aliphatic carbocycles. The number of thioether (sulfide) groups is 1. The fourth-order valence-electron chi connectivity index (χ4n) is 1.07.